The lowest BCUT2D eigenvalue weighted by Crippen LogP contribution is -2.59. The fourth-order valence-electron chi connectivity index (χ4n) is 1.71. The van der Waals surface area contributed by atoms with Gasteiger partial charge in [0.2, 0.25) is 5.91 Å². The summed E-state index contributed by atoms with van der Waals surface area (Å²) in [6.07, 6.45) is 0.111. The Bertz CT molecular complexity index is 397. The molecule has 1 amide bonds. The van der Waals surface area contributed by atoms with Crippen molar-refractivity contribution in [3.63, 3.8) is 0 Å². The Morgan fingerprint density at radius 3 is 3.00 bits per heavy atom. The number of hydrogen-bond donors (Lipinski definition) is 3. The third-order valence-corrected chi connectivity index (χ3v) is 2.38. The highest BCUT2D eigenvalue weighted by molar-refractivity contribution is 5.78. The van der Waals surface area contributed by atoms with Crippen molar-refractivity contribution in [2.75, 3.05) is 5.32 Å². The van der Waals surface area contributed by atoms with Gasteiger partial charge in [-0.15, -0.1) is 0 Å². The first-order chi connectivity index (χ1) is 7.63. The van der Waals surface area contributed by atoms with Crippen molar-refractivity contribution in [2.45, 2.75) is 25.7 Å². The van der Waals surface area contributed by atoms with Crippen molar-refractivity contribution >= 4 is 11.6 Å². The summed E-state index contributed by atoms with van der Waals surface area (Å²) in [5.74, 6) is -0.319. The number of hydrogen-bond acceptors (Lipinski definition) is 3. The highest BCUT2D eigenvalue weighted by atomic mass is 19.1. The number of benzene rings is 1. The van der Waals surface area contributed by atoms with Crippen molar-refractivity contribution in [1.29, 1.82) is 0 Å². The van der Waals surface area contributed by atoms with Crippen LogP contribution in [-0.4, -0.2) is 18.2 Å². The Morgan fingerprint density at radius 2 is 2.31 bits per heavy atom. The number of nitrogens with one attached hydrogen (secondary N) is 3. The predicted octanol–water partition coefficient (Wildman–Crippen LogP) is 1.02. The van der Waals surface area contributed by atoms with Gasteiger partial charge in [0.05, 0.1) is 0 Å². The summed E-state index contributed by atoms with van der Waals surface area (Å²) >= 11 is 0. The molecule has 5 heteroatoms. The molecule has 4 nitrogen and oxygen atoms in total. The van der Waals surface area contributed by atoms with Gasteiger partial charge in [-0.25, -0.2) is 4.39 Å². The van der Waals surface area contributed by atoms with Crippen LogP contribution in [0.4, 0.5) is 10.1 Å². The average molecular weight is 223 g/mol. The van der Waals surface area contributed by atoms with Crippen molar-refractivity contribution in [3.8, 4) is 0 Å². The van der Waals surface area contributed by atoms with Crippen molar-refractivity contribution in [1.82, 2.24) is 10.6 Å². The van der Waals surface area contributed by atoms with Crippen LogP contribution >= 0.6 is 0 Å². The quantitative estimate of drug-likeness (QED) is 0.701. The molecule has 16 heavy (non-hydrogen) atoms. The predicted molar refractivity (Wildman–Crippen MR) is 59.2 cm³/mol. The molecule has 0 aliphatic carbocycles. The molecule has 1 heterocycles. The zero-order chi connectivity index (χ0) is 11.5. The minimum atomic E-state index is -0.349. The van der Waals surface area contributed by atoms with Gasteiger partial charge >= 0.3 is 0 Å². The molecule has 1 aliphatic heterocycles. The average Bonchev–Trinajstić information content (AvgIpc) is 2.15. The highest BCUT2D eigenvalue weighted by Gasteiger charge is 2.22. The standard InChI is InChI=1S/C11H14FN3O/c1-7-5-10(16)15-11(13-7)14-9-4-2-3-8(12)6-9/h2-4,6-7,11,13-14H,5H2,1H3,(H,15,16). The molecule has 0 bridgehead atoms. The largest absolute Gasteiger partial charge is 0.353 e. The van der Waals surface area contributed by atoms with E-state index in [9.17, 15) is 9.18 Å². The van der Waals surface area contributed by atoms with Crippen LogP contribution in [0.5, 0.6) is 0 Å². The maximum absolute atomic E-state index is 12.9. The fraction of sp³-hybridized carbons (Fsp3) is 0.364. The molecule has 1 aliphatic rings. The molecular weight excluding hydrogens is 209 g/mol. The number of anilines is 1. The van der Waals surface area contributed by atoms with Crippen molar-refractivity contribution in [2.24, 2.45) is 0 Å². The van der Waals surface area contributed by atoms with E-state index in [2.05, 4.69) is 16.0 Å². The van der Waals surface area contributed by atoms with E-state index in [-0.39, 0.29) is 24.1 Å². The minimum Gasteiger partial charge on any atom is -0.353 e. The molecular formula is C11H14FN3O. The van der Waals surface area contributed by atoms with Crippen LogP contribution in [0, 0.1) is 5.82 Å². The van der Waals surface area contributed by atoms with Crippen LogP contribution in [-0.2, 0) is 4.79 Å². The third-order valence-electron chi connectivity index (χ3n) is 2.38. The molecule has 2 atom stereocenters. The van der Waals surface area contributed by atoms with E-state index in [0.717, 1.165) is 0 Å². The Morgan fingerprint density at radius 1 is 1.50 bits per heavy atom. The van der Waals surface area contributed by atoms with Crippen LogP contribution < -0.4 is 16.0 Å². The maximum Gasteiger partial charge on any atom is 0.224 e. The molecule has 1 fully saturated rings. The normalized spacial score (nSPS) is 25.0. The molecule has 0 saturated carbocycles. The van der Waals surface area contributed by atoms with Crippen LogP contribution in [0.25, 0.3) is 0 Å². The lowest BCUT2D eigenvalue weighted by molar-refractivity contribution is -0.123. The van der Waals surface area contributed by atoms with Gasteiger partial charge in [-0.1, -0.05) is 6.07 Å². The van der Waals surface area contributed by atoms with Gasteiger partial charge in [0, 0.05) is 18.2 Å². The maximum atomic E-state index is 12.9. The zero-order valence-electron chi connectivity index (χ0n) is 8.96. The van der Waals surface area contributed by atoms with Crippen LogP contribution in [0.1, 0.15) is 13.3 Å². The Kier molecular flexibility index (Phi) is 3.05. The van der Waals surface area contributed by atoms with E-state index in [1.54, 1.807) is 12.1 Å². The summed E-state index contributed by atoms with van der Waals surface area (Å²) in [6.45, 7) is 1.93. The molecule has 2 unspecified atom stereocenters. The smallest absolute Gasteiger partial charge is 0.224 e. The molecule has 3 N–H and O–H groups in total. The molecule has 0 spiro atoms. The van der Waals surface area contributed by atoms with E-state index in [1.165, 1.54) is 12.1 Å². The zero-order valence-corrected chi connectivity index (χ0v) is 8.96. The van der Waals surface area contributed by atoms with E-state index in [0.29, 0.717) is 12.1 Å². The summed E-state index contributed by atoms with van der Waals surface area (Å²) in [6, 6.07) is 6.23. The Labute approximate surface area is 93.2 Å². The van der Waals surface area contributed by atoms with Gasteiger partial charge in [-0.2, -0.15) is 0 Å². The third kappa shape index (κ3) is 2.70. The van der Waals surface area contributed by atoms with Gasteiger partial charge in [0.1, 0.15) is 5.82 Å². The van der Waals surface area contributed by atoms with Gasteiger partial charge < -0.3 is 10.6 Å². The summed E-state index contributed by atoms with van der Waals surface area (Å²) < 4.78 is 12.9. The number of carbonyl (C=O) groups is 1. The first-order valence-corrected chi connectivity index (χ1v) is 5.21. The minimum absolute atomic E-state index is 0.0137. The summed E-state index contributed by atoms with van der Waals surface area (Å²) in [7, 11) is 0. The van der Waals surface area contributed by atoms with E-state index < -0.39 is 0 Å². The highest BCUT2D eigenvalue weighted by Crippen LogP contribution is 2.10. The first-order valence-electron chi connectivity index (χ1n) is 5.21. The van der Waals surface area contributed by atoms with Crippen LogP contribution in [0.3, 0.4) is 0 Å². The van der Waals surface area contributed by atoms with Crippen molar-refractivity contribution in [3.05, 3.63) is 30.1 Å². The lowest BCUT2D eigenvalue weighted by atomic mass is 10.2. The second kappa shape index (κ2) is 4.49. The lowest BCUT2D eigenvalue weighted by Gasteiger charge is -2.30. The number of amides is 1. The summed E-state index contributed by atoms with van der Waals surface area (Å²) in [5.41, 5.74) is 0.631. The van der Waals surface area contributed by atoms with E-state index in [1.807, 2.05) is 6.92 Å². The van der Waals surface area contributed by atoms with E-state index >= 15 is 0 Å². The van der Waals surface area contributed by atoms with E-state index in [4.69, 9.17) is 0 Å². The molecule has 2 rings (SSSR count). The van der Waals surface area contributed by atoms with Crippen LogP contribution in [0.15, 0.2) is 24.3 Å². The topological polar surface area (TPSA) is 53.2 Å². The number of rotatable bonds is 2. The summed E-state index contributed by atoms with van der Waals surface area (Å²) in [4.78, 5) is 11.3. The van der Waals surface area contributed by atoms with Crippen LogP contribution in [0.2, 0.25) is 0 Å². The monoisotopic (exact) mass is 223 g/mol. The second-order valence-corrected chi connectivity index (χ2v) is 3.93. The second-order valence-electron chi connectivity index (χ2n) is 3.93. The van der Waals surface area contributed by atoms with Gasteiger partial charge in [0.25, 0.3) is 0 Å². The Balaban J connectivity index is 2.01. The number of carbonyl (C=O) groups excluding carboxylic acids is 1. The van der Waals surface area contributed by atoms with Gasteiger partial charge in [0.15, 0.2) is 6.29 Å². The molecule has 1 aromatic carbocycles. The fourth-order valence-corrected chi connectivity index (χ4v) is 1.71. The molecule has 86 valence electrons. The Hall–Kier alpha value is -1.62. The van der Waals surface area contributed by atoms with Crippen molar-refractivity contribution < 1.29 is 9.18 Å². The summed E-state index contributed by atoms with van der Waals surface area (Å²) in [5, 5.41) is 8.88. The van der Waals surface area contributed by atoms with Gasteiger partial charge in [-0.3, -0.25) is 10.1 Å². The SMILES string of the molecule is CC1CC(=O)NC(Nc2cccc(F)c2)N1. The number of halogens is 1. The van der Waals surface area contributed by atoms with Gasteiger partial charge in [-0.05, 0) is 25.1 Å². The molecule has 0 radical (unpaired) electrons. The molecule has 1 aromatic rings. The first kappa shape index (κ1) is 10.9. The molecule has 0 aromatic heterocycles. The molecule has 1 saturated heterocycles.